The Balaban J connectivity index is 1.59. The second-order valence-corrected chi connectivity index (χ2v) is 7.81. The first-order valence-corrected chi connectivity index (χ1v) is 10.9. The highest BCUT2D eigenvalue weighted by molar-refractivity contribution is 5.67. The lowest BCUT2D eigenvalue weighted by molar-refractivity contribution is -0.0498. The number of hydrogen-bond donors (Lipinski definition) is 0. The lowest BCUT2D eigenvalue weighted by Crippen LogP contribution is -2.43. The van der Waals surface area contributed by atoms with E-state index in [0.717, 1.165) is 55.2 Å². The molecule has 1 aliphatic heterocycles. The second-order valence-electron chi connectivity index (χ2n) is 7.81. The molecule has 8 heteroatoms. The molecule has 2 aromatic heterocycles. The van der Waals surface area contributed by atoms with Gasteiger partial charge in [0.2, 0.25) is 0 Å². The third-order valence-electron chi connectivity index (χ3n) is 5.83. The summed E-state index contributed by atoms with van der Waals surface area (Å²) in [6, 6.07) is 9.14. The number of aromatic nitrogens is 3. The van der Waals surface area contributed by atoms with Gasteiger partial charge in [-0.05, 0) is 62.1 Å². The van der Waals surface area contributed by atoms with Crippen molar-refractivity contribution >= 4 is 17.1 Å². The van der Waals surface area contributed by atoms with Gasteiger partial charge < -0.3 is 14.5 Å². The minimum atomic E-state index is -2.84. The molecule has 0 radical (unpaired) electrons. The third kappa shape index (κ3) is 4.95. The zero-order valence-electron chi connectivity index (χ0n) is 18.3. The van der Waals surface area contributed by atoms with Gasteiger partial charge in [0.05, 0.1) is 30.0 Å². The van der Waals surface area contributed by atoms with Crippen LogP contribution in [0.25, 0.3) is 0 Å². The Bertz CT molecular complexity index is 1010. The normalized spacial score (nSPS) is 14.6. The summed E-state index contributed by atoms with van der Waals surface area (Å²) in [6.45, 7) is 2.92. The van der Waals surface area contributed by atoms with Crippen LogP contribution in [0.1, 0.15) is 31.2 Å². The first-order chi connectivity index (χ1) is 15.5. The fourth-order valence-electron chi connectivity index (χ4n) is 4.20. The number of anilines is 3. The van der Waals surface area contributed by atoms with Crippen LogP contribution in [0.2, 0.25) is 0 Å². The lowest BCUT2D eigenvalue weighted by atomic mass is 9.99. The van der Waals surface area contributed by atoms with Crippen molar-refractivity contribution < 1.29 is 13.5 Å². The number of piperidine rings is 1. The summed E-state index contributed by atoms with van der Waals surface area (Å²) in [5, 5.41) is 0. The molecule has 4 rings (SSSR count). The maximum Gasteiger partial charge on any atom is 0.387 e. The summed E-state index contributed by atoms with van der Waals surface area (Å²) < 4.78 is 29.7. The summed E-state index contributed by atoms with van der Waals surface area (Å²) in [5.41, 5.74) is 4.22. The maximum absolute atomic E-state index is 12.6. The van der Waals surface area contributed by atoms with E-state index >= 15 is 0 Å². The molecule has 0 amide bonds. The number of benzene rings is 1. The zero-order chi connectivity index (χ0) is 22.5. The first kappa shape index (κ1) is 21.9. The van der Waals surface area contributed by atoms with Crippen molar-refractivity contribution in [2.75, 3.05) is 22.9 Å². The molecule has 0 aliphatic carbocycles. The molecule has 1 fully saturated rings. The molecule has 0 bridgehead atoms. The Morgan fingerprint density at radius 3 is 2.38 bits per heavy atom. The number of alkyl halides is 2. The van der Waals surface area contributed by atoms with E-state index < -0.39 is 6.61 Å². The summed E-state index contributed by atoms with van der Waals surface area (Å²) in [6.07, 6.45) is 10.2. The molecule has 32 heavy (non-hydrogen) atoms. The van der Waals surface area contributed by atoms with Gasteiger partial charge in [-0.2, -0.15) is 8.78 Å². The van der Waals surface area contributed by atoms with E-state index in [2.05, 4.69) is 36.4 Å². The highest BCUT2D eigenvalue weighted by atomic mass is 19.3. The molecule has 1 aromatic carbocycles. The predicted octanol–water partition coefficient (Wildman–Crippen LogP) is 5.15. The number of pyridine rings is 1. The van der Waals surface area contributed by atoms with Crippen LogP contribution in [0.5, 0.6) is 5.75 Å². The Morgan fingerprint density at radius 1 is 1.06 bits per heavy atom. The van der Waals surface area contributed by atoms with E-state index in [9.17, 15) is 8.78 Å². The number of nitrogens with zero attached hydrogens (tertiary/aromatic N) is 5. The van der Waals surface area contributed by atoms with Gasteiger partial charge >= 0.3 is 6.61 Å². The Kier molecular flexibility index (Phi) is 6.78. The van der Waals surface area contributed by atoms with Crippen molar-refractivity contribution in [3.8, 4) is 5.75 Å². The van der Waals surface area contributed by atoms with Crippen LogP contribution in [-0.2, 0) is 6.42 Å². The van der Waals surface area contributed by atoms with Crippen LogP contribution in [0.3, 0.4) is 0 Å². The van der Waals surface area contributed by atoms with Crippen LogP contribution in [0.15, 0.2) is 55.1 Å². The van der Waals surface area contributed by atoms with Gasteiger partial charge in [0.25, 0.3) is 0 Å². The van der Waals surface area contributed by atoms with E-state index in [1.807, 2.05) is 43.7 Å². The van der Waals surface area contributed by atoms with Gasteiger partial charge in [0.1, 0.15) is 11.6 Å². The van der Waals surface area contributed by atoms with Gasteiger partial charge in [-0.25, -0.2) is 9.97 Å². The third-order valence-corrected chi connectivity index (χ3v) is 5.83. The minimum Gasteiger partial charge on any atom is -0.435 e. The summed E-state index contributed by atoms with van der Waals surface area (Å²) >= 11 is 0. The molecule has 6 nitrogen and oxygen atoms in total. The average Bonchev–Trinajstić information content (AvgIpc) is 2.81. The zero-order valence-corrected chi connectivity index (χ0v) is 18.3. The Morgan fingerprint density at radius 2 is 1.75 bits per heavy atom. The fourth-order valence-corrected chi connectivity index (χ4v) is 4.20. The Hall–Kier alpha value is -3.29. The smallest absolute Gasteiger partial charge is 0.387 e. The molecule has 0 saturated carbocycles. The molecule has 0 atom stereocenters. The van der Waals surface area contributed by atoms with Crippen molar-refractivity contribution in [1.82, 2.24) is 15.0 Å². The predicted molar refractivity (Wildman–Crippen MR) is 121 cm³/mol. The van der Waals surface area contributed by atoms with Gasteiger partial charge in [-0.3, -0.25) is 4.98 Å². The molecule has 0 N–H and O–H groups in total. The van der Waals surface area contributed by atoms with Crippen LogP contribution in [0.4, 0.5) is 25.8 Å². The van der Waals surface area contributed by atoms with Crippen LogP contribution in [-0.4, -0.2) is 40.7 Å². The number of halogens is 2. The largest absolute Gasteiger partial charge is 0.435 e. The number of ether oxygens (including phenoxy) is 1. The van der Waals surface area contributed by atoms with Crippen LogP contribution >= 0.6 is 0 Å². The number of aryl methyl sites for hydroxylation is 2. The number of hydrogen-bond acceptors (Lipinski definition) is 6. The summed E-state index contributed by atoms with van der Waals surface area (Å²) in [5.74, 6) is 0.914. The average molecular weight is 440 g/mol. The molecule has 3 heterocycles. The van der Waals surface area contributed by atoms with Crippen molar-refractivity contribution in [2.24, 2.45) is 0 Å². The lowest BCUT2D eigenvalue weighted by Gasteiger charge is -2.41. The van der Waals surface area contributed by atoms with Gasteiger partial charge in [-0.15, -0.1) is 0 Å². The molecule has 0 unspecified atom stereocenters. The standard InChI is InChI=1S/C24H27F2N5O/c1-3-18-8-11-27-16-23(18)31(19-4-6-22(7-5-19)32-24(25)26)20-9-12-30(13-10-20)21-14-28-17(2)29-15-21/h4-8,11,14-16,20,24H,3,9-10,12-13H2,1-2H3. The van der Waals surface area contributed by atoms with E-state index in [-0.39, 0.29) is 11.8 Å². The SMILES string of the molecule is CCc1ccncc1N(c1ccc(OC(F)F)cc1)C1CCN(c2cnc(C)nc2)CC1. The van der Waals surface area contributed by atoms with Crippen LogP contribution < -0.4 is 14.5 Å². The summed E-state index contributed by atoms with van der Waals surface area (Å²) in [7, 11) is 0. The van der Waals surface area contributed by atoms with Crippen molar-refractivity contribution in [3.63, 3.8) is 0 Å². The molecular formula is C24H27F2N5O. The number of rotatable bonds is 7. The van der Waals surface area contributed by atoms with E-state index in [0.29, 0.717) is 0 Å². The maximum atomic E-state index is 12.6. The van der Waals surface area contributed by atoms with Gasteiger partial charge in [-0.1, -0.05) is 6.92 Å². The van der Waals surface area contributed by atoms with Crippen molar-refractivity contribution in [1.29, 1.82) is 0 Å². The molecule has 168 valence electrons. The molecule has 1 saturated heterocycles. The van der Waals surface area contributed by atoms with Crippen LogP contribution in [0, 0.1) is 6.92 Å². The van der Waals surface area contributed by atoms with E-state index in [1.54, 1.807) is 18.3 Å². The van der Waals surface area contributed by atoms with Gasteiger partial charge in [0.15, 0.2) is 0 Å². The van der Waals surface area contributed by atoms with Crippen molar-refractivity contribution in [3.05, 3.63) is 66.5 Å². The monoisotopic (exact) mass is 439 g/mol. The Labute approximate surface area is 186 Å². The van der Waals surface area contributed by atoms with Crippen molar-refractivity contribution in [2.45, 2.75) is 45.8 Å². The second kappa shape index (κ2) is 9.89. The highest BCUT2D eigenvalue weighted by Gasteiger charge is 2.28. The fraction of sp³-hybridized carbons (Fsp3) is 0.375. The topological polar surface area (TPSA) is 54.4 Å². The first-order valence-electron chi connectivity index (χ1n) is 10.9. The van der Waals surface area contributed by atoms with Gasteiger partial charge in [0, 0.05) is 31.0 Å². The summed E-state index contributed by atoms with van der Waals surface area (Å²) in [4.78, 5) is 17.6. The van der Waals surface area contributed by atoms with E-state index in [1.165, 1.54) is 5.56 Å². The minimum absolute atomic E-state index is 0.153. The molecular weight excluding hydrogens is 412 g/mol. The molecule has 0 spiro atoms. The quantitative estimate of drug-likeness (QED) is 0.507. The molecule has 1 aliphatic rings. The highest BCUT2D eigenvalue weighted by Crippen LogP contribution is 2.35. The van der Waals surface area contributed by atoms with E-state index in [4.69, 9.17) is 0 Å². The molecule has 3 aromatic rings.